The first-order chi connectivity index (χ1) is 8.15. The number of thiazole rings is 1. The van der Waals surface area contributed by atoms with E-state index in [0.717, 1.165) is 24.6 Å². The molecule has 0 radical (unpaired) electrons. The van der Waals surface area contributed by atoms with Gasteiger partial charge in [-0.1, -0.05) is 13.8 Å². The highest BCUT2D eigenvalue weighted by Gasteiger charge is 2.25. The summed E-state index contributed by atoms with van der Waals surface area (Å²) in [6.07, 6.45) is 3.46. The molecule has 2 heterocycles. The van der Waals surface area contributed by atoms with Crippen molar-refractivity contribution in [1.29, 1.82) is 0 Å². The van der Waals surface area contributed by atoms with Crippen molar-refractivity contribution in [3.05, 3.63) is 11.6 Å². The highest BCUT2D eigenvalue weighted by atomic mass is 32.1. The van der Waals surface area contributed by atoms with Crippen LogP contribution in [0.2, 0.25) is 0 Å². The lowest BCUT2D eigenvalue weighted by Crippen LogP contribution is -2.37. The minimum atomic E-state index is 0.172. The van der Waals surface area contributed by atoms with Gasteiger partial charge in [-0.25, -0.2) is 4.98 Å². The van der Waals surface area contributed by atoms with Crippen molar-refractivity contribution >= 4 is 22.4 Å². The Kier molecular flexibility index (Phi) is 3.99. The third kappa shape index (κ3) is 3.43. The molecular weight excluding hydrogens is 234 g/mol. The minimum Gasteiger partial charge on any atom is -0.352 e. The van der Waals surface area contributed by atoms with E-state index in [-0.39, 0.29) is 11.9 Å². The third-order valence-electron chi connectivity index (χ3n) is 2.84. The van der Waals surface area contributed by atoms with Crippen molar-refractivity contribution in [1.82, 2.24) is 10.3 Å². The molecule has 0 aliphatic carbocycles. The quantitative estimate of drug-likeness (QED) is 0.891. The van der Waals surface area contributed by atoms with Gasteiger partial charge in [0.15, 0.2) is 5.13 Å². The molecule has 2 rings (SSSR count). The van der Waals surface area contributed by atoms with Gasteiger partial charge in [0.2, 0.25) is 5.91 Å². The van der Waals surface area contributed by atoms with Crippen LogP contribution in [-0.4, -0.2) is 30.0 Å². The topological polar surface area (TPSA) is 45.2 Å². The highest BCUT2D eigenvalue weighted by molar-refractivity contribution is 7.13. The van der Waals surface area contributed by atoms with Crippen LogP contribution in [0.3, 0.4) is 0 Å². The van der Waals surface area contributed by atoms with Gasteiger partial charge >= 0.3 is 0 Å². The van der Waals surface area contributed by atoms with Crippen LogP contribution < -0.4 is 10.2 Å². The highest BCUT2D eigenvalue weighted by Crippen LogP contribution is 2.22. The summed E-state index contributed by atoms with van der Waals surface area (Å²) in [5.74, 6) is 0.595. The number of hydrogen-bond donors (Lipinski definition) is 1. The fourth-order valence-corrected chi connectivity index (χ4v) is 2.76. The van der Waals surface area contributed by atoms with Crippen LogP contribution in [0.15, 0.2) is 11.6 Å². The molecule has 94 valence electrons. The Morgan fingerprint density at radius 1 is 1.71 bits per heavy atom. The first kappa shape index (κ1) is 12.4. The Hall–Kier alpha value is -1.10. The molecule has 1 unspecified atom stereocenters. The number of anilines is 1. The van der Waals surface area contributed by atoms with Gasteiger partial charge < -0.3 is 10.2 Å². The van der Waals surface area contributed by atoms with Crippen LogP contribution in [0, 0.1) is 5.92 Å². The maximum absolute atomic E-state index is 11.7. The number of nitrogens with zero attached hydrogens (tertiary/aromatic N) is 2. The molecule has 1 fully saturated rings. The summed E-state index contributed by atoms with van der Waals surface area (Å²) in [4.78, 5) is 18.2. The van der Waals surface area contributed by atoms with E-state index in [1.54, 1.807) is 11.3 Å². The van der Waals surface area contributed by atoms with E-state index in [1.807, 2.05) is 11.6 Å². The van der Waals surface area contributed by atoms with Gasteiger partial charge in [0.25, 0.3) is 0 Å². The van der Waals surface area contributed by atoms with Crippen LogP contribution in [-0.2, 0) is 4.79 Å². The van der Waals surface area contributed by atoms with Gasteiger partial charge in [-0.2, -0.15) is 0 Å². The van der Waals surface area contributed by atoms with Gasteiger partial charge in [-0.15, -0.1) is 11.3 Å². The van der Waals surface area contributed by atoms with E-state index >= 15 is 0 Å². The van der Waals surface area contributed by atoms with Gasteiger partial charge in [-0.3, -0.25) is 4.79 Å². The SMILES string of the molecule is CC(C)CC(=O)NC1CCN(c2nccs2)C1. The number of hydrogen-bond acceptors (Lipinski definition) is 4. The third-order valence-corrected chi connectivity index (χ3v) is 3.67. The van der Waals surface area contributed by atoms with Crippen molar-refractivity contribution in [3.63, 3.8) is 0 Å². The fraction of sp³-hybridized carbons (Fsp3) is 0.667. The van der Waals surface area contributed by atoms with E-state index < -0.39 is 0 Å². The zero-order chi connectivity index (χ0) is 12.3. The molecule has 0 spiro atoms. The molecule has 1 amide bonds. The van der Waals surface area contributed by atoms with Crippen LogP contribution in [0.25, 0.3) is 0 Å². The van der Waals surface area contributed by atoms with Crippen LogP contribution >= 0.6 is 11.3 Å². The summed E-state index contributed by atoms with van der Waals surface area (Å²) in [6, 6.07) is 0.283. The number of nitrogens with one attached hydrogen (secondary N) is 1. The molecule has 1 aliphatic rings. The summed E-state index contributed by atoms with van der Waals surface area (Å²) in [7, 11) is 0. The van der Waals surface area contributed by atoms with Crippen molar-refractivity contribution < 1.29 is 4.79 Å². The molecular formula is C12H19N3OS. The second-order valence-electron chi connectivity index (χ2n) is 4.91. The van der Waals surface area contributed by atoms with E-state index in [1.165, 1.54) is 0 Å². The summed E-state index contributed by atoms with van der Waals surface area (Å²) in [5, 5.41) is 6.15. The Morgan fingerprint density at radius 3 is 3.18 bits per heavy atom. The summed E-state index contributed by atoms with van der Waals surface area (Å²) in [5.41, 5.74) is 0. The number of aromatic nitrogens is 1. The number of carbonyl (C=O) groups excluding carboxylic acids is 1. The molecule has 1 aromatic heterocycles. The van der Waals surface area contributed by atoms with E-state index in [4.69, 9.17) is 0 Å². The first-order valence-electron chi connectivity index (χ1n) is 6.09. The fourth-order valence-electron chi connectivity index (χ4n) is 2.08. The smallest absolute Gasteiger partial charge is 0.220 e. The van der Waals surface area contributed by atoms with Crippen molar-refractivity contribution in [2.75, 3.05) is 18.0 Å². The maximum Gasteiger partial charge on any atom is 0.220 e. The average Bonchev–Trinajstić information content (AvgIpc) is 2.84. The summed E-state index contributed by atoms with van der Waals surface area (Å²) < 4.78 is 0. The predicted octanol–water partition coefficient (Wildman–Crippen LogP) is 1.88. The summed E-state index contributed by atoms with van der Waals surface area (Å²) in [6.45, 7) is 6.00. The van der Waals surface area contributed by atoms with Crippen LogP contribution in [0.4, 0.5) is 5.13 Å². The summed E-state index contributed by atoms with van der Waals surface area (Å²) >= 11 is 1.65. The molecule has 0 saturated carbocycles. The molecule has 1 aliphatic heterocycles. The normalized spacial score (nSPS) is 19.9. The molecule has 1 atom stereocenters. The lowest BCUT2D eigenvalue weighted by Gasteiger charge is -2.16. The zero-order valence-electron chi connectivity index (χ0n) is 10.3. The second kappa shape index (κ2) is 5.49. The van der Waals surface area contributed by atoms with Gasteiger partial charge in [-0.05, 0) is 12.3 Å². The van der Waals surface area contributed by atoms with Crippen molar-refractivity contribution in [3.8, 4) is 0 Å². The molecule has 5 heteroatoms. The second-order valence-corrected chi connectivity index (χ2v) is 5.78. The van der Waals surface area contributed by atoms with Crippen molar-refractivity contribution in [2.45, 2.75) is 32.7 Å². The van der Waals surface area contributed by atoms with Gasteiger partial charge in [0.1, 0.15) is 0 Å². The number of amides is 1. The van der Waals surface area contributed by atoms with E-state index in [2.05, 4.69) is 29.0 Å². The average molecular weight is 253 g/mol. The first-order valence-corrected chi connectivity index (χ1v) is 6.97. The molecule has 1 N–H and O–H groups in total. The van der Waals surface area contributed by atoms with E-state index in [0.29, 0.717) is 12.3 Å². The van der Waals surface area contributed by atoms with Crippen molar-refractivity contribution in [2.24, 2.45) is 5.92 Å². The Labute approximate surface area is 106 Å². The Bertz CT molecular complexity index is 364. The molecule has 1 saturated heterocycles. The van der Waals surface area contributed by atoms with E-state index in [9.17, 15) is 4.79 Å². The molecule has 0 bridgehead atoms. The number of rotatable bonds is 4. The Morgan fingerprint density at radius 2 is 2.53 bits per heavy atom. The van der Waals surface area contributed by atoms with Gasteiger partial charge in [0.05, 0.1) is 0 Å². The molecule has 0 aromatic carbocycles. The molecule has 17 heavy (non-hydrogen) atoms. The Balaban J connectivity index is 1.80. The van der Waals surface area contributed by atoms with Crippen LogP contribution in [0.5, 0.6) is 0 Å². The standard InChI is InChI=1S/C12H19N3OS/c1-9(2)7-11(16)14-10-3-5-15(8-10)12-13-4-6-17-12/h4,6,9-10H,3,5,7-8H2,1-2H3,(H,14,16). The van der Waals surface area contributed by atoms with Gasteiger partial charge in [0, 0.05) is 37.1 Å². The number of carbonyl (C=O) groups is 1. The zero-order valence-corrected chi connectivity index (χ0v) is 11.2. The monoisotopic (exact) mass is 253 g/mol. The molecule has 1 aromatic rings. The van der Waals surface area contributed by atoms with Crippen LogP contribution in [0.1, 0.15) is 26.7 Å². The lowest BCUT2D eigenvalue weighted by atomic mass is 10.1. The minimum absolute atomic E-state index is 0.172. The predicted molar refractivity (Wildman–Crippen MR) is 70.3 cm³/mol. The largest absolute Gasteiger partial charge is 0.352 e. The molecule has 4 nitrogen and oxygen atoms in total. The lowest BCUT2D eigenvalue weighted by molar-refractivity contribution is -0.122. The maximum atomic E-state index is 11.7.